The van der Waals surface area contributed by atoms with Gasteiger partial charge in [0, 0.05) is 22.7 Å². The van der Waals surface area contributed by atoms with Crippen LogP contribution in [-0.2, 0) is 10.3 Å². The molecule has 31 heavy (non-hydrogen) atoms. The molecule has 154 valence electrons. The van der Waals surface area contributed by atoms with E-state index in [2.05, 4.69) is 92.5 Å². The van der Waals surface area contributed by atoms with E-state index in [9.17, 15) is 0 Å². The molecule has 1 atom stereocenters. The molecule has 0 aliphatic carbocycles. The van der Waals surface area contributed by atoms with E-state index in [-0.39, 0.29) is 11.5 Å². The summed E-state index contributed by atoms with van der Waals surface area (Å²) in [6.07, 6.45) is 1.82. The molecule has 0 saturated heterocycles. The lowest BCUT2D eigenvalue weighted by molar-refractivity contribution is 0.0556. The van der Waals surface area contributed by atoms with Crippen LogP contribution in [0.25, 0.3) is 10.9 Å². The molecule has 0 saturated carbocycles. The van der Waals surface area contributed by atoms with Gasteiger partial charge in [0.2, 0.25) is 5.90 Å². The van der Waals surface area contributed by atoms with Crippen LogP contribution < -0.4 is 0 Å². The highest BCUT2D eigenvalue weighted by Crippen LogP contribution is 2.49. The Kier molecular flexibility index (Phi) is 4.62. The molecule has 1 aliphatic heterocycles. The molecular formula is C28H26N2O. The summed E-state index contributed by atoms with van der Waals surface area (Å²) in [6.45, 7) is 6.69. The van der Waals surface area contributed by atoms with Crippen molar-refractivity contribution in [1.29, 1.82) is 0 Å². The number of aliphatic imine (C=N–C) groups is 1. The summed E-state index contributed by atoms with van der Waals surface area (Å²) in [5.74, 6) is 0.650. The Labute approximate surface area is 183 Å². The van der Waals surface area contributed by atoms with Crippen molar-refractivity contribution in [1.82, 2.24) is 4.98 Å². The van der Waals surface area contributed by atoms with Crippen molar-refractivity contribution in [2.75, 3.05) is 0 Å². The van der Waals surface area contributed by atoms with E-state index in [0.29, 0.717) is 5.90 Å². The van der Waals surface area contributed by atoms with Crippen LogP contribution in [0.3, 0.4) is 0 Å². The number of hydrogen-bond acceptors (Lipinski definition) is 3. The third-order valence-electron chi connectivity index (χ3n) is 5.98. The van der Waals surface area contributed by atoms with Gasteiger partial charge in [0.1, 0.15) is 6.04 Å². The molecule has 1 aromatic heterocycles. The molecule has 1 aliphatic rings. The fourth-order valence-corrected chi connectivity index (χ4v) is 4.62. The molecular weight excluding hydrogens is 380 g/mol. The summed E-state index contributed by atoms with van der Waals surface area (Å²) in [6, 6.07) is 31.0. The van der Waals surface area contributed by atoms with Gasteiger partial charge in [0.15, 0.2) is 5.60 Å². The van der Waals surface area contributed by atoms with Crippen molar-refractivity contribution in [3.05, 3.63) is 114 Å². The van der Waals surface area contributed by atoms with Crippen LogP contribution >= 0.6 is 0 Å². The van der Waals surface area contributed by atoms with E-state index >= 15 is 0 Å². The lowest BCUT2D eigenvalue weighted by atomic mass is 9.70. The average molecular weight is 407 g/mol. The summed E-state index contributed by atoms with van der Waals surface area (Å²) >= 11 is 0. The smallest absolute Gasteiger partial charge is 0.220 e. The standard InChI is InChI=1S/C28H26N2O/c1-27(2,3)26-28(21-14-6-4-7-15-21,22-16-8-5-9-17-22)31-25(30-26)23-18-10-12-20-13-11-19-29-24(20)23/h4-19,26H,1-3H3/t26-/m0/s1. The maximum Gasteiger partial charge on any atom is 0.220 e. The maximum atomic E-state index is 6.96. The monoisotopic (exact) mass is 406 g/mol. The SMILES string of the molecule is CC(C)(C)[C@@H]1N=C(c2cccc3cccnc23)OC1(c1ccccc1)c1ccccc1. The Morgan fingerprint density at radius 2 is 1.35 bits per heavy atom. The van der Waals surface area contributed by atoms with Crippen molar-refractivity contribution < 1.29 is 4.74 Å². The lowest BCUT2D eigenvalue weighted by Crippen LogP contribution is -2.45. The number of rotatable bonds is 3. The second-order valence-corrected chi connectivity index (χ2v) is 9.15. The molecule has 4 aromatic rings. The first-order valence-electron chi connectivity index (χ1n) is 10.7. The number of nitrogens with zero attached hydrogens (tertiary/aromatic N) is 2. The average Bonchev–Trinajstić information content (AvgIpc) is 3.22. The van der Waals surface area contributed by atoms with Gasteiger partial charge in [-0.2, -0.15) is 0 Å². The summed E-state index contributed by atoms with van der Waals surface area (Å²) in [4.78, 5) is 9.89. The molecule has 2 heterocycles. The number of aromatic nitrogens is 1. The first kappa shape index (κ1) is 19.5. The first-order valence-corrected chi connectivity index (χ1v) is 10.7. The van der Waals surface area contributed by atoms with Gasteiger partial charge in [0.25, 0.3) is 0 Å². The van der Waals surface area contributed by atoms with E-state index < -0.39 is 5.60 Å². The van der Waals surface area contributed by atoms with Gasteiger partial charge >= 0.3 is 0 Å². The van der Waals surface area contributed by atoms with Crippen LogP contribution in [0, 0.1) is 5.41 Å². The Hall–Kier alpha value is -3.46. The second-order valence-electron chi connectivity index (χ2n) is 9.15. The van der Waals surface area contributed by atoms with Gasteiger partial charge in [-0.05, 0) is 17.5 Å². The minimum Gasteiger partial charge on any atom is -0.459 e. The molecule has 0 amide bonds. The molecule has 0 spiro atoms. The molecule has 3 aromatic carbocycles. The van der Waals surface area contributed by atoms with Crippen molar-refractivity contribution in [2.24, 2.45) is 10.4 Å². The van der Waals surface area contributed by atoms with Gasteiger partial charge in [-0.1, -0.05) is 99.6 Å². The predicted octanol–water partition coefficient (Wildman–Crippen LogP) is 6.37. The fraction of sp³-hybridized carbons (Fsp3) is 0.214. The van der Waals surface area contributed by atoms with Gasteiger partial charge < -0.3 is 4.74 Å². The van der Waals surface area contributed by atoms with Crippen LogP contribution in [0.1, 0.15) is 37.5 Å². The summed E-state index contributed by atoms with van der Waals surface area (Å²) in [5.41, 5.74) is 3.20. The minimum atomic E-state index is -0.715. The zero-order valence-electron chi connectivity index (χ0n) is 18.1. The van der Waals surface area contributed by atoms with Gasteiger partial charge in [-0.15, -0.1) is 0 Å². The third-order valence-corrected chi connectivity index (χ3v) is 5.98. The number of fused-ring (bicyclic) bond motifs is 1. The zero-order chi connectivity index (χ0) is 21.5. The Balaban J connectivity index is 1.76. The molecule has 0 N–H and O–H groups in total. The molecule has 5 rings (SSSR count). The largest absolute Gasteiger partial charge is 0.459 e. The fourth-order valence-electron chi connectivity index (χ4n) is 4.62. The quantitative estimate of drug-likeness (QED) is 0.396. The number of benzene rings is 3. The molecule has 3 nitrogen and oxygen atoms in total. The first-order chi connectivity index (χ1) is 15.0. The Bertz CT molecular complexity index is 1200. The van der Waals surface area contributed by atoms with Crippen LogP contribution in [-0.4, -0.2) is 16.9 Å². The second kappa shape index (κ2) is 7.35. The topological polar surface area (TPSA) is 34.5 Å². The van der Waals surface area contributed by atoms with Crippen LogP contribution in [0.5, 0.6) is 0 Å². The third kappa shape index (κ3) is 3.21. The number of ether oxygens (including phenoxy) is 1. The molecule has 0 fully saturated rings. The molecule has 3 heteroatoms. The minimum absolute atomic E-state index is 0.112. The number of pyridine rings is 1. The zero-order valence-corrected chi connectivity index (χ0v) is 18.1. The molecule has 0 unspecified atom stereocenters. The lowest BCUT2D eigenvalue weighted by Gasteiger charge is -2.40. The Morgan fingerprint density at radius 1 is 0.742 bits per heavy atom. The van der Waals surface area contributed by atoms with Crippen LogP contribution in [0.2, 0.25) is 0 Å². The number of para-hydroxylation sites is 1. The molecule has 0 bridgehead atoms. The normalized spacial score (nSPS) is 17.9. The predicted molar refractivity (Wildman–Crippen MR) is 126 cm³/mol. The summed E-state index contributed by atoms with van der Waals surface area (Å²) < 4.78 is 6.96. The number of hydrogen-bond donors (Lipinski definition) is 0. The van der Waals surface area contributed by atoms with E-state index in [1.54, 1.807) is 0 Å². The van der Waals surface area contributed by atoms with Crippen molar-refractivity contribution >= 4 is 16.8 Å². The van der Waals surface area contributed by atoms with Crippen molar-refractivity contribution in [2.45, 2.75) is 32.4 Å². The van der Waals surface area contributed by atoms with Crippen LogP contribution in [0.15, 0.2) is 102 Å². The van der Waals surface area contributed by atoms with E-state index in [1.165, 1.54) is 0 Å². The highest BCUT2D eigenvalue weighted by atomic mass is 16.5. The summed E-state index contributed by atoms with van der Waals surface area (Å²) in [5, 5.41) is 1.08. The van der Waals surface area contributed by atoms with Crippen molar-refractivity contribution in [3.63, 3.8) is 0 Å². The van der Waals surface area contributed by atoms with Crippen molar-refractivity contribution in [3.8, 4) is 0 Å². The van der Waals surface area contributed by atoms with E-state index in [4.69, 9.17) is 9.73 Å². The van der Waals surface area contributed by atoms with Gasteiger partial charge in [0.05, 0.1) is 11.1 Å². The van der Waals surface area contributed by atoms with E-state index in [0.717, 1.165) is 27.6 Å². The maximum absolute atomic E-state index is 6.96. The van der Waals surface area contributed by atoms with Gasteiger partial charge in [-0.25, -0.2) is 4.99 Å². The highest BCUT2D eigenvalue weighted by molar-refractivity contribution is 6.06. The van der Waals surface area contributed by atoms with Crippen LogP contribution in [0.4, 0.5) is 0 Å². The highest BCUT2D eigenvalue weighted by Gasteiger charge is 2.54. The van der Waals surface area contributed by atoms with Gasteiger partial charge in [-0.3, -0.25) is 4.98 Å². The molecule has 0 radical (unpaired) electrons. The summed E-state index contributed by atoms with van der Waals surface area (Å²) in [7, 11) is 0. The van der Waals surface area contributed by atoms with E-state index in [1.807, 2.05) is 30.5 Å². The Morgan fingerprint density at radius 3 is 1.97 bits per heavy atom.